The summed E-state index contributed by atoms with van der Waals surface area (Å²) < 4.78 is 9.98. The molecule has 0 aromatic heterocycles. The van der Waals surface area contributed by atoms with Gasteiger partial charge in [0.25, 0.3) is 0 Å². The zero-order valence-corrected chi connectivity index (χ0v) is 8.80. The van der Waals surface area contributed by atoms with Gasteiger partial charge in [-0.2, -0.15) is 0 Å². The van der Waals surface area contributed by atoms with Crippen molar-refractivity contribution < 1.29 is 19.1 Å². The second-order valence-electron chi connectivity index (χ2n) is 3.32. The minimum atomic E-state index is -0.392. The molecule has 1 aliphatic heterocycles. The molecule has 16 heavy (non-hydrogen) atoms. The molecule has 0 radical (unpaired) electrons. The van der Waals surface area contributed by atoms with Crippen LogP contribution in [0.4, 0.5) is 10.5 Å². The standard InChI is InChI=1S/C11H11NO4/c1-15-10-6-8(7-13)2-3-9(10)12-4-5-16-11(12)14/h2-3,6-7H,4-5H2,1H3. The molecule has 2 rings (SSSR count). The van der Waals surface area contributed by atoms with Gasteiger partial charge in [-0.05, 0) is 18.2 Å². The number of aldehydes is 1. The quantitative estimate of drug-likeness (QED) is 0.725. The Hall–Kier alpha value is -2.04. The van der Waals surface area contributed by atoms with Gasteiger partial charge in [0.05, 0.1) is 19.3 Å². The predicted octanol–water partition coefficient (Wildman–Crippen LogP) is 1.46. The van der Waals surface area contributed by atoms with Crippen LogP contribution < -0.4 is 9.64 Å². The summed E-state index contributed by atoms with van der Waals surface area (Å²) in [4.78, 5) is 23.5. The number of anilines is 1. The molecule has 0 aliphatic carbocycles. The number of benzene rings is 1. The highest BCUT2D eigenvalue weighted by Crippen LogP contribution is 2.30. The van der Waals surface area contributed by atoms with E-state index in [0.717, 1.165) is 6.29 Å². The Balaban J connectivity index is 2.39. The average molecular weight is 221 g/mol. The monoisotopic (exact) mass is 221 g/mol. The van der Waals surface area contributed by atoms with Crippen molar-refractivity contribution in [2.24, 2.45) is 0 Å². The van der Waals surface area contributed by atoms with Crippen LogP contribution in [0.2, 0.25) is 0 Å². The number of methoxy groups -OCH3 is 1. The third kappa shape index (κ3) is 1.71. The number of cyclic esters (lactones) is 1. The normalized spacial score (nSPS) is 14.8. The van der Waals surface area contributed by atoms with Crippen LogP contribution in [0.5, 0.6) is 5.75 Å². The summed E-state index contributed by atoms with van der Waals surface area (Å²) in [5, 5.41) is 0. The Bertz CT molecular complexity index is 430. The molecule has 1 heterocycles. The summed E-state index contributed by atoms with van der Waals surface area (Å²) in [5.74, 6) is 0.489. The SMILES string of the molecule is COc1cc(C=O)ccc1N1CCOC1=O. The summed E-state index contributed by atoms with van der Waals surface area (Å²) in [6.45, 7) is 0.868. The molecule has 1 amide bonds. The third-order valence-electron chi connectivity index (χ3n) is 2.39. The van der Waals surface area contributed by atoms with Gasteiger partial charge < -0.3 is 9.47 Å². The second-order valence-corrected chi connectivity index (χ2v) is 3.32. The fourth-order valence-corrected chi connectivity index (χ4v) is 1.60. The summed E-state index contributed by atoms with van der Waals surface area (Å²) in [6, 6.07) is 4.90. The van der Waals surface area contributed by atoms with Crippen LogP contribution in [-0.2, 0) is 4.74 Å². The molecule has 0 atom stereocenters. The molecule has 5 nitrogen and oxygen atoms in total. The largest absolute Gasteiger partial charge is 0.495 e. The highest BCUT2D eigenvalue weighted by atomic mass is 16.6. The van der Waals surface area contributed by atoms with Crippen molar-refractivity contribution in [3.63, 3.8) is 0 Å². The number of ether oxygens (including phenoxy) is 2. The van der Waals surface area contributed by atoms with Gasteiger partial charge in [-0.15, -0.1) is 0 Å². The number of carbonyl (C=O) groups excluding carboxylic acids is 2. The van der Waals surface area contributed by atoms with E-state index < -0.39 is 6.09 Å². The summed E-state index contributed by atoms with van der Waals surface area (Å²) in [6.07, 6.45) is 0.339. The molecular weight excluding hydrogens is 210 g/mol. The van der Waals surface area contributed by atoms with Gasteiger partial charge >= 0.3 is 6.09 Å². The van der Waals surface area contributed by atoms with Gasteiger partial charge in [-0.25, -0.2) is 4.79 Å². The number of hydrogen-bond acceptors (Lipinski definition) is 4. The van der Waals surface area contributed by atoms with Crippen LogP contribution in [0.25, 0.3) is 0 Å². The maximum atomic E-state index is 11.4. The maximum Gasteiger partial charge on any atom is 0.414 e. The first-order valence-electron chi connectivity index (χ1n) is 4.84. The topological polar surface area (TPSA) is 55.8 Å². The van der Waals surface area contributed by atoms with Gasteiger partial charge in [0.15, 0.2) is 0 Å². The van der Waals surface area contributed by atoms with E-state index in [-0.39, 0.29) is 0 Å². The molecule has 84 valence electrons. The first-order valence-corrected chi connectivity index (χ1v) is 4.84. The Morgan fingerprint density at radius 1 is 1.50 bits per heavy atom. The lowest BCUT2D eigenvalue weighted by molar-refractivity contribution is 0.112. The maximum absolute atomic E-state index is 11.4. The first kappa shape index (κ1) is 10.5. The lowest BCUT2D eigenvalue weighted by atomic mass is 10.2. The number of carbonyl (C=O) groups is 2. The molecule has 1 aromatic carbocycles. The van der Waals surface area contributed by atoms with Crippen LogP contribution in [0.15, 0.2) is 18.2 Å². The van der Waals surface area contributed by atoms with Crippen molar-refractivity contribution in [2.75, 3.05) is 25.2 Å². The molecule has 0 unspecified atom stereocenters. The Morgan fingerprint density at radius 2 is 2.31 bits per heavy atom. The molecule has 5 heteroatoms. The number of amides is 1. The van der Waals surface area contributed by atoms with Crippen molar-refractivity contribution in [3.8, 4) is 5.75 Å². The van der Waals surface area contributed by atoms with Crippen molar-refractivity contribution >= 4 is 18.1 Å². The van der Waals surface area contributed by atoms with E-state index in [2.05, 4.69) is 0 Å². The number of rotatable bonds is 3. The highest BCUT2D eigenvalue weighted by Gasteiger charge is 2.26. The van der Waals surface area contributed by atoms with E-state index in [1.807, 2.05) is 0 Å². The summed E-state index contributed by atoms with van der Waals surface area (Å²) in [5.41, 5.74) is 1.13. The fourth-order valence-electron chi connectivity index (χ4n) is 1.60. The van der Waals surface area contributed by atoms with E-state index in [0.29, 0.717) is 30.2 Å². The first-order chi connectivity index (χ1) is 7.76. The van der Waals surface area contributed by atoms with Gasteiger partial charge in [0.2, 0.25) is 0 Å². The molecule has 0 N–H and O–H groups in total. The van der Waals surface area contributed by atoms with Crippen LogP contribution in [0.1, 0.15) is 10.4 Å². The second kappa shape index (κ2) is 4.22. The third-order valence-corrected chi connectivity index (χ3v) is 2.39. The van der Waals surface area contributed by atoms with Crippen molar-refractivity contribution in [1.29, 1.82) is 0 Å². The predicted molar refractivity (Wildman–Crippen MR) is 57.1 cm³/mol. The number of hydrogen-bond donors (Lipinski definition) is 0. The van der Waals surface area contributed by atoms with Gasteiger partial charge in [-0.3, -0.25) is 9.69 Å². The molecule has 1 fully saturated rings. The zero-order valence-electron chi connectivity index (χ0n) is 8.80. The lowest BCUT2D eigenvalue weighted by Gasteiger charge is -2.16. The van der Waals surface area contributed by atoms with E-state index in [4.69, 9.17) is 9.47 Å². The van der Waals surface area contributed by atoms with Crippen molar-refractivity contribution in [1.82, 2.24) is 0 Å². The van der Waals surface area contributed by atoms with Crippen LogP contribution in [-0.4, -0.2) is 32.6 Å². The van der Waals surface area contributed by atoms with Gasteiger partial charge in [0, 0.05) is 5.56 Å². The molecule has 1 aromatic rings. The Kier molecular flexibility index (Phi) is 2.76. The lowest BCUT2D eigenvalue weighted by Crippen LogP contribution is -2.23. The van der Waals surface area contributed by atoms with Crippen molar-refractivity contribution in [3.05, 3.63) is 23.8 Å². The van der Waals surface area contributed by atoms with Gasteiger partial charge in [0.1, 0.15) is 18.6 Å². The number of nitrogens with zero attached hydrogens (tertiary/aromatic N) is 1. The molecule has 1 aliphatic rings. The van der Waals surface area contributed by atoms with Crippen LogP contribution >= 0.6 is 0 Å². The summed E-state index contributed by atoms with van der Waals surface area (Å²) >= 11 is 0. The highest BCUT2D eigenvalue weighted by molar-refractivity contribution is 5.92. The minimum absolute atomic E-state index is 0.372. The van der Waals surface area contributed by atoms with E-state index in [1.165, 1.54) is 12.0 Å². The van der Waals surface area contributed by atoms with E-state index in [9.17, 15) is 9.59 Å². The van der Waals surface area contributed by atoms with E-state index >= 15 is 0 Å². The van der Waals surface area contributed by atoms with Crippen molar-refractivity contribution in [2.45, 2.75) is 0 Å². The fraction of sp³-hybridized carbons (Fsp3) is 0.273. The Morgan fingerprint density at radius 3 is 2.88 bits per heavy atom. The van der Waals surface area contributed by atoms with Gasteiger partial charge in [-0.1, -0.05) is 0 Å². The average Bonchev–Trinajstić information content (AvgIpc) is 2.74. The van der Waals surface area contributed by atoms with E-state index in [1.54, 1.807) is 18.2 Å². The molecule has 0 saturated carbocycles. The van der Waals surface area contributed by atoms with Crippen LogP contribution in [0, 0.1) is 0 Å². The smallest absolute Gasteiger partial charge is 0.414 e. The molecule has 1 saturated heterocycles. The molecular formula is C11H11NO4. The summed E-state index contributed by atoms with van der Waals surface area (Å²) in [7, 11) is 1.49. The van der Waals surface area contributed by atoms with Crippen LogP contribution in [0.3, 0.4) is 0 Å². The molecule has 0 bridgehead atoms. The molecule has 0 spiro atoms. The Labute approximate surface area is 92.6 Å². The minimum Gasteiger partial charge on any atom is -0.495 e. The zero-order chi connectivity index (χ0) is 11.5.